The molecule has 74 valence electrons. The third-order valence-corrected chi connectivity index (χ3v) is 1.81. The van der Waals surface area contributed by atoms with Crippen LogP contribution in [0, 0.1) is 0 Å². The molecule has 2 heterocycles. The van der Waals surface area contributed by atoms with Crippen molar-refractivity contribution in [2.45, 2.75) is 6.42 Å². The summed E-state index contributed by atoms with van der Waals surface area (Å²) in [6.07, 6.45) is 4.00. The van der Waals surface area contributed by atoms with Crippen molar-refractivity contribution < 1.29 is 9.84 Å². The van der Waals surface area contributed by atoms with E-state index in [1.807, 2.05) is 0 Å². The highest BCUT2D eigenvalue weighted by atomic mass is 16.5. The van der Waals surface area contributed by atoms with Gasteiger partial charge in [-0.3, -0.25) is 0 Å². The summed E-state index contributed by atoms with van der Waals surface area (Å²) in [7, 11) is 1.50. The van der Waals surface area contributed by atoms with Crippen LogP contribution in [0.1, 0.15) is 5.56 Å². The first-order valence-electron chi connectivity index (χ1n) is 4.19. The number of rotatable bonds is 3. The number of hydrogen-bond acceptors (Lipinski definition) is 5. The highest BCUT2D eigenvalue weighted by Crippen LogP contribution is 2.05. The minimum Gasteiger partial charge on any atom is -0.466 e. The van der Waals surface area contributed by atoms with E-state index in [2.05, 4.69) is 15.1 Å². The summed E-state index contributed by atoms with van der Waals surface area (Å²) in [5, 5.41) is 12.8. The highest BCUT2D eigenvalue weighted by molar-refractivity contribution is 5.29. The molecule has 0 aliphatic heterocycles. The van der Waals surface area contributed by atoms with Gasteiger partial charge in [0.15, 0.2) is 0 Å². The molecule has 0 radical (unpaired) electrons. The SMILES string of the molecule is COc1nc2ncc(CCO)cn2n1. The Morgan fingerprint density at radius 1 is 1.57 bits per heavy atom. The van der Waals surface area contributed by atoms with Crippen molar-refractivity contribution in [2.24, 2.45) is 0 Å². The van der Waals surface area contributed by atoms with Crippen LogP contribution < -0.4 is 4.74 Å². The molecule has 0 aliphatic carbocycles. The number of aliphatic hydroxyl groups excluding tert-OH is 1. The van der Waals surface area contributed by atoms with Gasteiger partial charge < -0.3 is 9.84 Å². The number of methoxy groups -OCH3 is 1. The van der Waals surface area contributed by atoms with Gasteiger partial charge in [0.1, 0.15) is 0 Å². The van der Waals surface area contributed by atoms with Crippen LogP contribution in [0.15, 0.2) is 12.4 Å². The summed E-state index contributed by atoms with van der Waals surface area (Å²) < 4.78 is 6.40. The molecule has 1 N–H and O–H groups in total. The van der Waals surface area contributed by atoms with Gasteiger partial charge in [-0.15, -0.1) is 5.10 Å². The van der Waals surface area contributed by atoms with Crippen LogP contribution >= 0.6 is 0 Å². The van der Waals surface area contributed by atoms with Crippen LogP contribution in [0.3, 0.4) is 0 Å². The zero-order valence-electron chi connectivity index (χ0n) is 7.71. The molecular formula is C8H10N4O2. The first-order chi connectivity index (χ1) is 6.83. The average Bonchev–Trinajstić information content (AvgIpc) is 2.60. The predicted molar refractivity (Wildman–Crippen MR) is 48.1 cm³/mol. The molecule has 0 saturated heterocycles. The van der Waals surface area contributed by atoms with Crippen LogP contribution in [-0.4, -0.2) is 38.4 Å². The molecule has 2 aromatic rings. The summed E-state index contributed by atoms with van der Waals surface area (Å²) in [4.78, 5) is 8.06. The molecule has 0 unspecified atom stereocenters. The predicted octanol–water partition coefficient (Wildman–Crippen LogP) is -0.332. The Kier molecular flexibility index (Phi) is 2.28. The lowest BCUT2D eigenvalue weighted by molar-refractivity contribution is 0.299. The van der Waals surface area contributed by atoms with Crippen LogP contribution in [-0.2, 0) is 6.42 Å². The average molecular weight is 194 g/mol. The standard InChI is InChI=1S/C8H10N4O2/c1-14-8-10-7-9-4-6(2-3-13)5-12(7)11-8/h4-5,13H,2-3H2,1H3. The van der Waals surface area contributed by atoms with Crippen molar-refractivity contribution >= 4 is 5.78 Å². The Balaban J connectivity index is 2.43. The summed E-state index contributed by atoms with van der Waals surface area (Å²) in [5.74, 6) is 0.489. The van der Waals surface area contributed by atoms with Gasteiger partial charge in [-0.05, 0) is 12.0 Å². The van der Waals surface area contributed by atoms with E-state index < -0.39 is 0 Å². The summed E-state index contributed by atoms with van der Waals surface area (Å²) in [5.41, 5.74) is 0.910. The fourth-order valence-corrected chi connectivity index (χ4v) is 1.15. The van der Waals surface area contributed by atoms with Crippen LogP contribution in [0.4, 0.5) is 0 Å². The van der Waals surface area contributed by atoms with Gasteiger partial charge >= 0.3 is 6.01 Å². The molecule has 0 atom stereocenters. The second-order valence-electron chi connectivity index (χ2n) is 2.78. The molecule has 0 saturated carbocycles. The number of nitrogens with zero attached hydrogens (tertiary/aromatic N) is 4. The highest BCUT2D eigenvalue weighted by Gasteiger charge is 2.04. The Bertz CT molecular complexity index is 440. The van der Waals surface area contributed by atoms with E-state index in [4.69, 9.17) is 9.84 Å². The van der Waals surface area contributed by atoms with Crippen molar-refractivity contribution in [3.8, 4) is 6.01 Å². The first kappa shape index (κ1) is 8.89. The van der Waals surface area contributed by atoms with E-state index in [-0.39, 0.29) is 6.61 Å². The molecule has 0 amide bonds. The van der Waals surface area contributed by atoms with E-state index >= 15 is 0 Å². The maximum absolute atomic E-state index is 8.75. The van der Waals surface area contributed by atoms with Crippen LogP contribution in [0.2, 0.25) is 0 Å². The molecule has 0 fully saturated rings. The van der Waals surface area contributed by atoms with Crippen molar-refractivity contribution in [1.82, 2.24) is 19.6 Å². The van der Waals surface area contributed by atoms with Gasteiger partial charge in [0.25, 0.3) is 5.78 Å². The monoisotopic (exact) mass is 194 g/mol. The minimum absolute atomic E-state index is 0.0962. The van der Waals surface area contributed by atoms with E-state index in [0.717, 1.165) is 5.56 Å². The lowest BCUT2D eigenvalue weighted by Crippen LogP contribution is -1.97. The van der Waals surface area contributed by atoms with Gasteiger partial charge in [-0.25, -0.2) is 9.50 Å². The van der Waals surface area contributed by atoms with Crippen molar-refractivity contribution in [3.05, 3.63) is 18.0 Å². The van der Waals surface area contributed by atoms with Crippen molar-refractivity contribution in [3.63, 3.8) is 0 Å². The maximum atomic E-state index is 8.75. The van der Waals surface area contributed by atoms with E-state index in [9.17, 15) is 0 Å². The second-order valence-corrected chi connectivity index (χ2v) is 2.78. The summed E-state index contributed by atoms with van der Waals surface area (Å²) >= 11 is 0. The number of ether oxygens (including phenoxy) is 1. The van der Waals surface area contributed by atoms with E-state index in [1.54, 1.807) is 12.4 Å². The third-order valence-electron chi connectivity index (χ3n) is 1.81. The molecule has 0 aliphatic rings. The van der Waals surface area contributed by atoms with Crippen LogP contribution in [0.5, 0.6) is 6.01 Å². The zero-order valence-corrected chi connectivity index (χ0v) is 7.71. The lowest BCUT2D eigenvalue weighted by Gasteiger charge is -1.96. The fourth-order valence-electron chi connectivity index (χ4n) is 1.15. The lowest BCUT2D eigenvalue weighted by atomic mass is 10.3. The minimum atomic E-state index is 0.0962. The molecule has 0 spiro atoms. The Morgan fingerprint density at radius 3 is 3.14 bits per heavy atom. The topological polar surface area (TPSA) is 72.5 Å². The molecular weight excluding hydrogens is 184 g/mol. The van der Waals surface area contributed by atoms with Gasteiger partial charge in [-0.1, -0.05) is 0 Å². The molecule has 0 bridgehead atoms. The molecule has 0 aromatic carbocycles. The Morgan fingerprint density at radius 2 is 2.43 bits per heavy atom. The molecule has 6 heteroatoms. The molecule has 6 nitrogen and oxygen atoms in total. The van der Waals surface area contributed by atoms with Gasteiger partial charge in [-0.2, -0.15) is 4.98 Å². The Hall–Kier alpha value is -1.69. The third kappa shape index (κ3) is 1.51. The number of aromatic nitrogens is 4. The van der Waals surface area contributed by atoms with E-state index in [0.29, 0.717) is 18.2 Å². The number of aliphatic hydroxyl groups is 1. The fraction of sp³-hybridized carbons (Fsp3) is 0.375. The largest absolute Gasteiger partial charge is 0.466 e. The normalized spacial score (nSPS) is 10.7. The second kappa shape index (κ2) is 3.59. The van der Waals surface area contributed by atoms with Gasteiger partial charge in [0.2, 0.25) is 0 Å². The van der Waals surface area contributed by atoms with Crippen molar-refractivity contribution in [1.29, 1.82) is 0 Å². The molecule has 2 rings (SSSR count). The maximum Gasteiger partial charge on any atom is 0.337 e. The van der Waals surface area contributed by atoms with Crippen molar-refractivity contribution in [2.75, 3.05) is 13.7 Å². The molecule has 2 aromatic heterocycles. The summed E-state index contributed by atoms with van der Waals surface area (Å²) in [6, 6.07) is 0.290. The first-order valence-corrected chi connectivity index (χ1v) is 4.19. The quantitative estimate of drug-likeness (QED) is 0.724. The molecule has 14 heavy (non-hydrogen) atoms. The van der Waals surface area contributed by atoms with Gasteiger partial charge in [0, 0.05) is 19.0 Å². The Labute approximate surface area is 80.2 Å². The smallest absolute Gasteiger partial charge is 0.337 e. The zero-order chi connectivity index (χ0) is 9.97. The van der Waals surface area contributed by atoms with Crippen LogP contribution in [0.25, 0.3) is 5.78 Å². The van der Waals surface area contributed by atoms with E-state index in [1.165, 1.54) is 11.6 Å². The van der Waals surface area contributed by atoms with Gasteiger partial charge in [0.05, 0.1) is 7.11 Å². The number of fused-ring (bicyclic) bond motifs is 1. The summed E-state index contributed by atoms with van der Waals surface area (Å²) in [6.45, 7) is 0.0962. The number of hydrogen-bond donors (Lipinski definition) is 1.